The lowest BCUT2D eigenvalue weighted by Crippen LogP contribution is -2.40. The van der Waals surface area contributed by atoms with E-state index in [1.165, 1.54) is 24.2 Å². The number of hydrogen-bond acceptors (Lipinski definition) is 6. The Morgan fingerprint density at radius 2 is 1.59 bits per heavy atom. The van der Waals surface area contributed by atoms with Crippen LogP contribution in [0.4, 0.5) is 21.0 Å². The van der Waals surface area contributed by atoms with Gasteiger partial charge >= 0.3 is 17.9 Å². The molecule has 0 unspecified atom stereocenters. The van der Waals surface area contributed by atoms with Crippen molar-refractivity contribution < 1.29 is 19.1 Å². The number of rotatable bonds is 4. The summed E-state index contributed by atoms with van der Waals surface area (Å²) in [6.07, 6.45) is 6.92. The van der Waals surface area contributed by atoms with Gasteiger partial charge in [0.1, 0.15) is 5.75 Å². The van der Waals surface area contributed by atoms with E-state index in [4.69, 9.17) is 4.74 Å². The summed E-state index contributed by atoms with van der Waals surface area (Å²) in [7, 11) is 1.27. The van der Waals surface area contributed by atoms with Gasteiger partial charge in [0.15, 0.2) is 0 Å². The molecule has 0 radical (unpaired) electrons. The second kappa shape index (κ2) is 12.9. The standard InChI is InChI=1S/C16H16N2O4.C13H18N2O2/c1-11-5-3-6-12(9-11)18-16(20)22-14-8-4-7-13(10-14)17-15(19)21-2;16-12-10-7-4-8-11(10)14-13(17)15(12)9-5-2-1-3-6-9/h3-10H,1-2H3,(H,17,19)(H,18,20);9H,1-8H2,(H,14,17). The largest absolute Gasteiger partial charge is 0.453 e. The Labute approximate surface area is 226 Å². The van der Waals surface area contributed by atoms with Crippen LogP contribution < -0.4 is 26.6 Å². The maximum atomic E-state index is 12.3. The molecule has 0 spiro atoms. The Kier molecular flexibility index (Phi) is 9.19. The first-order valence-corrected chi connectivity index (χ1v) is 13.2. The third kappa shape index (κ3) is 7.37. The lowest BCUT2D eigenvalue weighted by atomic mass is 9.95. The summed E-state index contributed by atoms with van der Waals surface area (Å²) in [6, 6.07) is 13.9. The molecule has 5 rings (SSSR count). The predicted octanol–water partition coefficient (Wildman–Crippen LogP) is 5.31. The number of hydrogen-bond donors (Lipinski definition) is 3. The van der Waals surface area contributed by atoms with E-state index in [9.17, 15) is 19.2 Å². The van der Waals surface area contributed by atoms with Crippen LogP contribution in [-0.2, 0) is 17.6 Å². The third-order valence-electron chi connectivity index (χ3n) is 6.85. The molecule has 3 N–H and O–H groups in total. The highest BCUT2D eigenvalue weighted by atomic mass is 16.6. The highest BCUT2D eigenvalue weighted by Crippen LogP contribution is 2.26. The number of aryl methyl sites for hydroxylation is 2. The molecule has 39 heavy (non-hydrogen) atoms. The highest BCUT2D eigenvalue weighted by Gasteiger charge is 2.24. The predicted molar refractivity (Wildman–Crippen MR) is 149 cm³/mol. The third-order valence-corrected chi connectivity index (χ3v) is 6.85. The number of fused-ring (bicyclic) bond motifs is 1. The maximum absolute atomic E-state index is 12.3. The normalized spacial score (nSPS) is 14.4. The summed E-state index contributed by atoms with van der Waals surface area (Å²) in [6.45, 7) is 1.93. The van der Waals surface area contributed by atoms with Crippen LogP contribution in [0.2, 0.25) is 0 Å². The number of ether oxygens (including phenoxy) is 2. The summed E-state index contributed by atoms with van der Waals surface area (Å²) in [5.41, 5.74) is 3.67. The molecule has 0 saturated heterocycles. The number of benzene rings is 2. The fourth-order valence-electron chi connectivity index (χ4n) is 4.99. The van der Waals surface area contributed by atoms with Crippen LogP contribution in [0, 0.1) is 6.92 Å². The molecule has 1 heterocycles. The average Bonchev–Trinajstić information content (AvgIpc) is 3.38. The minimum Gasteiger partial charge on any atom is -0.453 e. The van der Waals surface area contributed by atoms with Crippen molar-refractivity contribution >= 4 is 23.6 Å². The molecule has 2 aromatic carbocycles. The number of nitrogens with zero attached hydrogens (tertiary/aromatic N) is 1. The van der Waals surface area contributed by atoms with Gasteiger partial charge in [0, 0.05) is 34.7 Å². The summed E-state index contributed by atoms with van der Waals surface area (Å²) in [5, 5.41) is 5.12. The highest BCUT2D eigenvalue weighted by molar-refractivity contribution is 5.87. The summed E-state index contributed by atoms with van der Waals surface area (Å²) in [4.78, 5) is 50.2. The first-order valence-electron chi connectivity index (χ1n) is 13.2. The van der Waals surface area contributed by atoms with E-state index in [0.29, 0.717) is 17.1 Å². The van der Waals surface area contributed by atoms with E-state index in [0.717, 1.165) is 61.8 Å². The Bertz CT molecular complexity index is 1440. The lowest BCUT2D eigenvalue weighted by molar-refractivity contribution is 0.187. The molecule has 1 aromatic heterocycles. The molecule has 0 atom stereocenters. The lowest BCUT2D eigenvalue weighted by Gasteiger charge is -2.23. The minimum absolute atomic E-state index is 0.0202. The number of anilines is 2. The molecule has 10 heteroatoms. The fraction of sp³-hybridized carbons (Fsp3) is 0.379. The zero-order valence-electron chi connectivity index (χ0n) is 22.2. The van der Waals surface area contributed by atoms with Crippen LogP contribution in [0.3, 0.4) is 0 Å². The number of aromatic amines is 1. The monoisotopic (exact) mass is 534 g/mol. The number of H-pyrrole nitrogens is 1. The zero-order valence-corrected chi connectivity index (χ0v) is 22.2. The Morgan fingerprint density at radius 1 is 0.897 bits per heavy atom. The number of aromatic nitrogens is 2. The van der Waals surface area contributed by atoms with Gasteiger partial charge in [-0.2, -0.15) is 0 Å². The van der Waals surface area contributed by atoms with Gasteiger partial charge in [-0.05, 0) is 68.9 Å². The van der Waals surface area contributed by atoms with Gasteiger partial charge in [0.25, 0.3) is 5.56 Å². The van der Waals surface area contributed by atoms with Gasteiger partial charge in [0.05, 0.1) is 7.11 Å². The van der Waals surface area contributed by atoms with E-state index in [1.54, 1.807) is 24.3 Å². The summed E-state index contributed by atoms with van der Waals surface area (Å²) < 4.78 is 11.2. The smallest absolute Gasteiger partial charge is 0.417 e. The van der Waals surface area contributed by atoms with Gasteiger partial charge < -0.3 is 14.5 Å². The fourth-order valence-corrected chi connectivity index (χ4v) is 4.99. The Hall–Kier alpha value is -4.34. The Morgan fingerprint density at radius 3 is 2.31 bits per heavy atom. The van der Waals surface area contributed by atoms with Crippen LogP contribution in [0.1, 0.15) is 61.4 Å². The van der Waals surface area contributed by atoms with Crippen molar-refractivity contribution in [2.45, 2.75) is 64.3 Å². The van der Waals surface area contributed by atoms with Gasteiger partial charge in [-0.3, -0.25) is 20.0 Å². The van der Waals surface area contributed by atoms with Crippen molar-refractivity contribution in [2.24, 2.45) is 0 Å². The molecule has 2 aliphatic carbocycles. The topological polar surface area (TPSA) is 132 Å². The summed E-state index contributed by atoms with van der Waals surface area (Å²) in [5.74, 6) is 0.305. The van der Waals surface area contributed by atoms with Crippen LogP contribution >= 0.6 is 0 Å². The van der Waals surface area contributed by atoms with Crippen LogP contribution in [0.15, 0.2) is 58.1 Å². The molecule has 2 amide bonds. The molecule has 0 aliphatic heterocycles. The maximum Gasteiger partial charge on any atom is 0.417 e. The second-order valence-corrected chi connectivity index (χ2v) is 9.74. The van der Waals surface area contributed by atoms with Gasteiger partial charge in [-0.1, -0.05) is 37.5 Å². The van der Waals surface area contributed by atoms with E-state index in [-0.39, 0.29) is 17.3 Å². The van der Waals surface area contributed by atoms with Crippen LogP contribution in [-0.4, -0.2) is 28.8 Å². The van der Waals surface area contributed by atoms with E-state index in [2.05, 4.69) is 20.4 Å². The number of carbonyl (C=O) groups excluding carboxylic acids is 2. The molecule has 2 aliphatic rings. The minimum atomic E-state index is -0.610. The quantitative estimate of drug-likeness (QED) is 0.415. The van der Waals surface area contributed by atoms with Crippen molar-refractivity contribution in [2.75, 3.05) is 17.7 Å². The van der Waals surface area contributed by atoms with E-state index in [1.807, 2.05) is 25.1 Å². The van der Waals surface area contributed by atoms with E-state index >= 15 is 0 Å². The molecular formula is C29H34N4O6. The average molecular weight is 535 g/mol. The van der Waals surface area contributed by atoms with Crippen molar-refractivity contribution in [3.63, 3.8) is 0 Å². The van der Waals surface area contributed by atoms with Crippen molar-refractivity contribution in [1.82, 2.24) is 9.55 Å². The van der Waals surface area contributed by atoms with Gasteiger partial charge in [-0.25, -0.2) is 14.4 Å². The van der Waals surface area contributed by atoms with Crippen molar-refractivity contribution in [1.29, 1.82) is 0 Å². The molecule has 3 aromatic rings. The van der Waals surface area contributed by atoms with Crippen LogP contribution in [0.5, 0.6) is 5.75 Å². The second-order valence-electron chi connectivity index (χ2n) is 9.74. The Balaban J connectivity index is 0.000000186. The number of carbonyl (C=O) groups is 2. The molecule has 10 nitrogen and oxygen atoms in total. The van der Waals surface area contributed by atoms with Crippen LogP contribution in [0.25, 0.3) is 0 Å². The number of methoxy groups -OCH3 is 1. The van der Waals surface area contributed by atoms with E-state index < -0.39 is 12.2 Å². The zero-order chi connectivity index (χ0) is 27.8. The first-order chi connectivity index (χ1) is 18.8. The molecule has 1 saturated carbocycles. The number of nitrogens with one attached hydrogen (secondary N) is 3. The van der Waals surface area contributed by atoms with Crippen molar-refractivity contribution in [3.8, 4) is 5.75 Å². The summed E-state index contributed by atoms with van der Waals surface area (Å²) >= 11 is 0. The van der Waals surface area contributed by atoms with Gasteiger partial charge in [-0.15, -0.1) is 0 Å². The molecular weight excluding hydrogens is 500 g/mol. The van der Waals surface area contributed by atoms with Gasteiger partial charge in [0.2, 0.25) is 0 Å². The van der Waals surface area contributed by atoms with Crippen molar-refractivity contribution in [3.05, 3.63) is 86.2 Å². The molecule has 1 fully saturated rings. The SMILES string of the molecule is COC(=O)Nc1cccc(OC(=O)Nc2cccc(C)c2)c1.O=c1[nH]c2c(c(=O)n1C1CCCCC1)CCC2. The molecule has 206 valence electrons. The molecule has 0 bridgehead atoms. The first kappa shape index (κ1) is 27.7. The number of amides is 2.